The predicted molar refractivity (Wildman–Crippen MR) is 53.2 cm³/mol. The van der Waals surface area contributed by atoms with Gasteiger partial charge in [0, 0.05) is 0 Å². The second-order valence-electron chi connectivity index (χ2n) is 4.05. The van der Waals surface area contributed by atoms with Crippen LogP contribution in [0.3, 0.4) is 0 Å². The van der Waals surface area contributed by atoms with Crippen molar-refractivity contribution < 1.29 is 13.2 Å². The lowest BCUT2D eigenvalue weighted by molar-refractivity contribution is -0.124. The standard InChI is InChI=1S/C8H16N2O3S/c1-8(2,9-3)7(11)10-14(12,13)6-4-5-6/h6,9H,4-5H2,1-3H3,(H,10,11). The van der Waals surface area contributed by atoms with Crippen LogP contribution in [0.4, 0.5) is 0 Å². The molecular weight excluding hydrogens is 204 g/mol. The summed E-state index contributed by atoms with van der Waals surface area (Å²) < 4.78 is 24.9. The number of carbonyl (C=O) groups excluding carboxylic acids is 1. The molecule has 82 valence electrons. The van der Waals surface area contributed by atoms with Crippen molar-refractivity contribution in [3.05, 3.63) is 0 Å². The van der Waals surface area contributed by atoms with Crippen LogP contribution < -0.4 is 10.0 Å². The Morgan fingerprint density at radius 2 is 1.86 bits per heavy atom. The molecule has 0 bridgehead atoms. The highest BCUT2D eigenvalue weighted by molar-refractivity contribution is 7.90. The van der Waals surface area contributed by atoms with Crippen molar-refractivity contribution in [1.29, 1.82) is 0 Å². The molecule has 0 saturated heterocycles. The van der Waals surface area contributed by atoms with Crippen LogP contribution in [0.15, 0.2) is 0 Å². The molecule has 1 rings (SSSR count). The molecule has 2 N–H and O–H groups in total. The number of hydrogen-bond acceptors (Lipinski definition) is 4. The Kier molecular flexibility index (Phi) is 2.87. The van der Waals surface area contributed by atoms with Crippen LogP contribution in [0.2, 0.25) is 0 Å². The molecule has 1 amide bonds. The van der Waals surface area contributed by atoms with Crippen molar-refractivity contribution >= 4 is 15.9 Å². The van der Waals surface area contributed by atoms with Crippen molar-refractivity contribution in [2.75, 3.05) is 7.05 Å². The number of sulfonamides is 1. The lowest BCUT2D eigenvalue weighted by Crippen LogP contribution is -2.53. The molecular formula is C8H16N2O3S. The van der Waals surface area contributed by atoms with Gasteiger partial charge in [-0.05, 0) is 33.7 Å². The van der Waals surface area contributed by atoms with Crippen LogP contribution in [0.25, 0.3) is 0 Å². The minimum atomic E-state index is -3.42. The third kappa shape index (κ3) is 2.45. The van der Waals surface area contributed by atoms with E-state index in [1.807, 2.05) is 0 Å². The van der Waals surface area contributed by atoms with Crippen molar-refractivity contribution in [3.63, 3.8) is 0 Å². The zero-order valence-corrected chi connectivity index (χ0v) is 9.44. The maximum atomic E-state index is 11.5. The van der Waals surface area contributed by atoms with Crippen LogP contribution in [-0.2, 0) is 14.8 Å². The third-order valence-corrected chi connectivity index (χ3v) is 4.21. The Morgan fingerprint density at radius 1 is 1.36 bits per heavy atom. The first-order chi connectivity index (χ1) is 6.29. The van der Waals surface area contributed by atoms with Crippen molar-refractivity contribution in [3.8, 4) is 0 Å². The number of amides is 1. The molecule has 0 aliphatic heterocycles. The fraction of sp³-hybridized carbons (Fsp3) is 0.875. The Balaban J connectivity index is 2.65. The normalized spacial score (nSPS) is 17.9. The fourth-order valence-corrected chi connectivity index (χ4v) is 2.27. The summed E-state index contributed by atoms with van der Waals surface area (Å²) in [5.74, 6) is -0.507. The molecule has 0 atom stereocenters. The number of likely N-dealkylation sites (N-methyl/N-ethyl adjacent to an activating group) is 1. The van der Waals surface area contributed by atoms with Crippen molar-refractivity contribution in [2.24, 2.45) is 0 Å². The molecule has 1 aliphatic carbocycles. The minimum Gasteiger partial charge on any atom is -0.307 e. The molecule has 6 heteroatoms. The highest BCUT2D eigenvalue weighted by Crippen LogP contribution is 2.27. The molecule has 1 fully saturated rings. The Hall–Kier alpha value is -0.620. The van der Waals surface area contributed by atoms with E-state index in [4.69, 9.17) is 0 Å². The summed E-state index contributed by atoms with van der Waals surface area (Å²) in [6, 6.07) is 0. The summed E-state index contributed by atoms with van der Waals surface area (Å²) in [6.07, 6.45) is 1.31. The van der Waals surface area contributed by atoms with E-state index in [0.717, 1.165) is 0 Å². The Labute approximate surface area is 84.3 Å². The van der Waals surface area contributed by atoms with E-state index in [-0.39, 0.29) is 5.25 Å². The highest BCUT2D eigenvalue weighted by atomic mass is 32.2. The quantitative estimate of drug-likeness (QED) is 0.675. The van der Waals surface area contributed by atoms with Gasteiger partial charge in [0.25, 0.3) is 5.91 Å². The van der Waals surface area contributed by atoms with E-state index in [1.165, 1.54) is 0 Å². The van der Waals surface area contributed by atoms with Crippen LogP contribution in [0.1, 0.15) is 26.7 Å². The van der Waals surface area contributed by atoms with Gasteiger partial charge >= 0.3 is 0 Å². The number of nitrogens with one attached hydrogen (secondary N) is 2. The summed E-state index contributed by atoms with van der Waals surface area (Å²) in [4.78, 5) is 11.5. The summed E-state index contributed by atoms with van der Waals surface area (Å²) in [6.45, 7) is 3.26. The lowest BCUT2D eigenvalue weighted by atomic mass is 10.1. The molecule has 0 aromatic rings. The molecule has 5 nitrogen and oxygen atoms in total. The van der Waals surface area contributed by atoms with Gasteiger partial charge in [-0.2, -0.15) is 0 Å². The molecule has 14 heavy (non-hydrogen) atoms. The monoisotopic (exact) mass is 220 g/mol. The summed E-state index contributed by atoms with van der Waals surface area (Å²) in [7, 11) is -1.80. The zero-order valence-electron chi connectivity index (χ0n) is 8.62. The first-order valence-electron chi connectivity index (χ1n) is 4.54. The van der Waals surface area contributed by atoms with E-state index >= 15 is 0 Å². The van der Waals surface area contributed by atoms with Crippen LogP contribution in [0.5, 0.6) is 0 Å². The number of hydrogen-bond donors (Lipinski definition) is 2. The molecule has 0 aromatic heterocycles. The Morgan fingerprint density at radius 3 is 2.21 bits per heavy atom. The minimum absolute atomic E-state index is 0.362. The fourth-order valence-electron chi connectivity index (χ4n) is 0.832. The molecule has 1 saturated carbocycles. The summed E-state index contributed by atoms with van der Waals surface area (Å²) in [5, 5.41) is 2.38. The topological polar surface area (TPSA) is 75.3 Å². The molecule has 0 heterocycles. The first-order valence-corrected chi connectivity index (χ1v) is 6.09. The average molecular weight is 220 g/mol. The smallest absolute Gasteiger partial charge is 0.253 e. The van der Waals surface area contributed by atoms with Gasteiger partial charge in [-0.15, -0.1) is 0 Å². The Bertz CT molecular complexity index is 330. The van der Waals surface area contributed by atoms with Crippen molar-refractivity contribution in [2.45, 2.75) is 37.5 Å². The van der Waals surface area contributed by atoms with Gasteiger partial charge in [0.1, 0.15) is 0 Å². The van der Waals surface area contributed by atoms with E-state index in [9.17, 15) is 13.2 Å². The van der Waals surface area contributed by atoms with Gasteiger partial charge in [0.15, 0.2) is 0 Å². The maximum absolute atomic E-state index is 11.5. The second-order valence-corrected chi connectivity index (χ2v) is 6.01. The number of carbonyl (C=O) groups is 1. The summed E-state index contributed by atoms with van der Waals surface area (Å²) >= 11 is 0. The van der Waals surface area contributed by atoms with Gasteiger partial charge in [0.2, 0.25) is 10.0 Å². The maximum Gasteiger partial charge on any atom is 0.253 e. The van der Waals surface area contributed by atoms with E-state index in [0.29, 0.717) is 12.8 Å². The van der Waals surface area contributed by atoms with Crippen molar-refractivity contribution in [1.82, 2.24) is 10.0 Å². The third-order valence-electron chi connectivity index (χ3n) is 2.39. The molecule has 0 unspecified atom stereocenters. The van der Waals surface area contributed by atoms with E-state index < -0.39 is 21.5 Å². The van der Waals surface area contributed by atoms with E-state index in [2.05, 4.69) is 10.0 Å². The largest absolute Gasteiger partial charge is 0.307 e. The SMILES string of the molecule is CNC(C)(C)C(=O)NS(=O)(=O)C1CC1. The van der Waals surface area contributed by atoms with Crippen LogP contribution >= 0.6 is 0 Å². The van der Waals surface area contributed by atoms with Gasteiger partial charge in [-0.3, -0.25) is 9.52 Å². The van der Waals surface area contributed by atoms with Crippen LogP contribution in [-0.4, -0.2) is 32.2 Å². The first kappa shape index (κ1) is 11.5. The molecule has 0 spiro atoms. The lowest BCUT2D eigenvalue weighted by Gasteiger charge is -2.22. The number of rotatable bonds is 4. The van der Waals surface area contributed by atoms with Gasteiger partial charge in [-0.25, -0.2) is 8.42 Å². The second kappa shape index (κ2) is 3.51. The molecule has 0 radical (unpaired) electrons. The van der Waals surface area contributed by atoms with Crippen LogP contribution in [0, 0.1) is 0 Å². The van der Waals surface area contributed by atoms with Gasteiger partial charge < -0.3 is 5.32 Å². The highest BCUT2D eigenvalue weighted by Gasteiger charge is 2.39. The molecule has 0 aromatic carbocycles. The summed E-state index contributed by atoms with van der Waals surface area (Å²) in [5.41, 5.74) is -0.859. The average Bonchev–Trinajstić information content (AvgIpc) is 2.85. The predicted octanol–water partition coefficient (Wildman–Crippen LogP) is -0.407. The zero-order chi connectivity index (χ0) is 11.0. The van der Waals surface area contributed by atoms with Gasteiger partial charge in [-0.1, -0.05) is 0 Å². The molecule has 1 aliphatic rings. The van der Waals surface area contributed by atoms with E-state index in [1.54, 1.807) is 20.9 Å². The van der Waals surface area contributed by atoms with Gasteiger partial charge in [0.05, 0.1) is 10.8 Å².